The lowest BCUT2D eigenvalue weighted by molar-refractivity contribution is -0.116. The predicted molar refractivity (Wildman–Crippen MR) is 101 cm³/mol. The van der Waals surface area contributed by atoms with Gasteiger partial charge >= 0.3 is 0 Å². The number of benzene rings is 1. The third-order valence-electron chi connectivity index (χ3n) is 4.29. The number of halogens is 1. The number of hydrogen-bond donors (Lipinski definition) is 1. The van der Waals surface area contributed by atoms with Gasteiger partial charge in [0.1, 0.15) is 12.3 Å². The Labute approximate surface area is 163 Å². The Kier molecular flexibility index (Phi) is 6.03. The van der Waals surface area contributed by atoms with Crippen LogP contribution >= 0.6 is 11.6 Å². The lowest BCUT2D eigenvalue weighted by Gasteiger charge is -2.24. The second-order valence-corrected chi connectivity index (χ2v) is 8.56. The first-order chi connectivity index (χ1) is 12.9. The van der Waals surface area contributed by atoms with Crippen molar-refractivity contribution in [2.75, 3.05) is 25.5 Å². The third kappa shape index (κ3) is 4.60. The molecule has 0 unspecified atom stereocenters. The van der Waals surface area contributed by atoms with E-state index in [0.29, 0.717) is 29.5 Å². The molecule has 2 heterocycles. The van der Waals surface area contributed by atoms with Crippen molar-refractivity contribution in [2.24, 2.45) is 0 Å². The summed E-state index contributed by atoms with van der Waals surface area (Å²) in [6.07, 6.45) is 5.45. The van der Waals surface area contributed by atoms with Crippen molar-refractivity contribution >= 4 is 33.2 Å². The van der Waals surface area contributed by atoms with Gasteiger partial charge in [-0.2, -0.15) is 4.31 Å². The zero-order valence-electron chi connectivity index (χ0n) is 14.9. The minimum atomic E-state index is -3.62. The molecule has 0 bridgehead atoms. The van der Waals surface area contributed by atoms with Crippen molar-refractivity contribution in [2.45, 2.75) is 30.8 Å². The van der Waals surface area contributed by atoms with Crippen molar-refractivity contribution in [1.82, 2.24) is 13.9 Å². The van der Waals surface area contributed by atoms with E-state index in [0.717, 1.165) is 19.3 Å². The maximum atomic E-state index is 12.6. The molecule has 0 radical (unpaired) electrons. The Morgan fingerprint density at radius 2 is 2.04 bits per heavy atom. The van der Waals surface area contributed by atoms with Gasteiger partial charge in [0.25, 0.3) is 10.0 Å². The number of carbonyl (C=O) groups excluding carboxylic acids is 1. The molecule has 1 aliphatic rings. The maximum absolute atomic E-state index is 12.6. The van der Waals surface area contributed by atoms with Crippen LogP contribution < -0.4 is 10.1 Å². The van der Waals surface area contributed by atoms with Crippen LogP contribution in [0.1, 0.15) is 19.3 Å². The Balaban J connectivity index is 1.69. The van der Waals surface area contributed by atoms with Gasteiger partial charge in [-0.3, -0.25) is 4.79 Å². The van der Waals surface area contributed by atoms with Crippen LogP contribution in [-0.4, -0.2) is 48.4 Å². The van der Waals surface area contributed by atoms with E-state index in [1.807, 2.05) is 0 Å². The Bertz CT molecular complexity index is 923. The fraction of sp³-hybridized carbons (Fsp3) is 0.412. The van der Waals surface area contributed by atoms with Gasteiger partial charge in [-0.15, -0.1) is 0 Å². The van der Waals surface area contributed by atoms with Gasteiger partial charge in [-0.25, -0.2) is 13.4 Å². The van der Waals surface area contributed by atoms with E-state index in [1.54, 1.807) is 18.2 Å². The molecule has 0 saturated carbocycles. The number of amides is 1. The fourth-order valence-electron chi connectivity index (χ4n) is 2.93. The van der Waals surface area contributed by atoms with E-state index < -0.39 is 10.0 Å². The summed E-state index contributed by atoms with van der Waals surface area (Å²) >= 11 is 5.95. The van der Waals surface area contributed by atoms with Crippen LogP contribution in [0.3, 0.4) is 0 Å². The third-order valence-corrected chi connectivity index (χ3v) is 6.31. The lowest BCUT2D eigenvalue weighted by Crippen LogP contribution is -2.35. The molecule has 3 rings (SSSR count). The minimum absolute atomic E-state index is 0.0439. The molecule has 0 atom stereocenters. The normalized spacial score (nSPS) is 15.5. The molecule has 2 aromatic rings. The molecule has 1 fully saturated rings. The molecular formula is C17H21ClN4O4S. The second kappa shape index (κ2) is 8.28. The summed E-state index contributed by atoms with van der Waals surface area (Å²) in [6.45, 7) is 0.923. The molecular weight excluding hydrogens is 392 g/mol. The lowest BCUT2D eigenvalue weighted by atomic mass is 10.2. The van der Waals surface area contributed by atoms with Gasteiger partial charge in [0.05, 0.1) is 19.1 Å². The van der Waals surface area contributed by atoms with Crippen molar-refractivity contribution in [1.29, 1.82) is 0 Å². The first kappa shape index (κ1) is 19.7. The first-order valence-corrected chi connectivity index (χ1v) is 10.4. The summed E-state index contributed by atoms with van der Waals surface area (Å²) in [4.78, 5) is 16.3. The molecule has 1 N–H and O–H groups in total. The highest BCUT2D eigenvalue weighted by atomic mass is 35.5. The topological polar surface area (TPSA) is 93.5 Å². The summed E-state index contributed by atoms with van der Waals surface area (Å²) in [5.74, 6) is 0.127. The van der Waals surface area contributed by atoms with Crippen LogP contribution in [0.25, 0.3) is 0 Å². The number of nitrogens with one attached hydrogen (secondary N) is 1. The van der Waals surface area contributed by atoms with Crippen LogP contribution in [0, 0.1) is 0 Å². The van der Waals surface area contributed by atoms with Crippen LogP contribution in [0.15, 0.2) is 35.7 Å². The van der Waals surface area contributed by atoms with Gasteiger partial charge in [-0.05, 0) is 31.0 Å². The Morgan fingerprint density at radius 3 is 2.74 bits per heavy atom. The van der Waals surface area contributed by atoms with E-state index >= 15 is 0 Å². The molecule has 1 aliphatic heterocycles. The molecule has 0 aliphatic carbocycles. The average Bonchev–Trinajstić information content (AvgIpc) is 3.12. The second-order valence-electron chi connectivity index (χ2n) is 6.24. The monoisotopic (exact) mass is 412 g/mol. The van der Waals surface area contributed by atoms with E-state index in [4.69, 9.17) is 16.3 Å². The minimum Gasteiger partial charge on any atom is -0.495 e. The predicted octanol–water partition coefficient (Wildman–Crippen LogP) is 2.36. The Hall–Kier alpha value is -2.10. The number of nitrogens with zero attached hydrogens (tertiary/aromatic N) is 3. The quantitative estimate of drug-likeness (QED) is 0.786. The number of carbonyl (C=O) groups is 1. The van der Waals surface area contributed by atoms with Crippen LogP contribution in [0.5, 0.6) is 5.75 Å². The summed E-state index contributed by atoms with van der Waals surface area (Å²) in [5.41, 5.74) is 0.441. The zero-order chi connectivity index (χ0) is 19.4. The number of imidazole rings is 1. The standard InChI is InChI=1S/C17H21ClN4O4S/c1-26-15-6-5-13(18)9-14(15)20-16(23)10-21-11-17(19-12-21)27(24,25)22-7-3-2-4-8-22/h5-6,9,11-12H,2-4,7-8,10H2,1H3,(H,20,23). The summed E-state index contributed by atoms with van der Waals surface area (Å²) in [6, 6.07) is 4.89. The highest BCUT2D eigenvalue weighted by Gasteiger charge is 2.28. The molecule has 1 aromatic heterocycles. The molecule has 27 heavy (non-hydrogen) atoms. The van der Waals surface area contributed by atoms with Crippen molar-refractivity contribution < 1.29 is 17.9 Å². The Morgan fingerprint density at radius 1 is 1.30 bits per heavy atom. The van der Waals surface area contributed by atoms with Gasteiger partial charge in [0.2, 0.25) is 5.91 Å². The number of rotatable bonds is 6. The molecule has 146 valence electrons. The summed E-state index contributed by atoms with van der Waals surface area (Å²) in [7, 11) is -2.13. The van der Waals surface area contributed by atoms with Gasteiger partial charge in [-0.1, -0.05) is 18.0 Å². The SMILES string of the molecule is COc1ccc(Cl)cc1NC(=O)Cn1cnc(S(=O)(=O)N2CCCCC2)c1. The number of ether oxygens (including phenoxy) is 1. The molecule has 0 spiro atoms. The van der Waals surface area contributed by atoms with Crippen molar-refractivity contribution in [3.63, 3.8) is 0 Å². The molecule has 8 nitrogen and oxygen atoms in total. The molecule has 1 amide bonds. The average molecular weight is 413 g/mol. The first-order valence-electron chi connectivity index (χ1n) is 8.55. The summed E-state index contributed by atoms with van der Waals surface area (Å²) in [5, 5.41) is 3.12. The van der Waals surface area contributed by atoms with Crippen molar-refractivity contribution in [3.05, 3.63) is 35.7 Å². The smallest absolute Gasteiger partial charge is 0.262 e. The van der Waals surface area contributed by atoms with E-state index in [-0.39, 0.29) is 17.5 Å². The van der Waals surface area contributed by atoms with E-state index in [2.05, 4.69) is 10.3 Å². The number of sulfonamides is 1. The summed E-state index contributed by atoms with van der Waals surface area (Å²) < 4.78 is 33.3. The number of anilines is 1. The van der Waals surface area contributed by atoms with E-state index in [9.17, 15) is 13.2 Å². The number of methoxy groups -OCH3 is 1. The van der Waals surface area contributed by atoms with Crippen LogP contribution in [0.2, 0.25) is 5.02 Å². The molecule has 1 aromatic carbocycles. The largest absolute Gasteiger partial charge is 0.495 e. The molecule has 10 heteroatoms. The van der Waals surface area contributed by atoms with E-state index in [1.165, 1.54) is 28.5 Å². The van der Waals surface area contributed by atoms with Gasteiger partial charge in [0.15, 0.2) is 5.03 Å². The fourth-order valence-corrected chi connectivity index (χ4v) is 4.55. The van der Waals surface area contributed by atoms with Gasteiger partial charge < -0.3 is 14.6 Å². The van der Waals surface area contributed by atoms with Crippen LogP contribution in [-0.2, 0) is 21.4 Å². The highest BCUT2D eigenvalue weighted by molar-refractivity contribution is 7.89. The highest BCUT2D eigenvalue weighted by Crippen LogP contribution is 2.27. The van der Waals surface area contributed by atoms with Gasteiger partial charge in [0, 0.05) is 24.3 Å². The maximum Gasteiger partial charge on any atom is 0.262 e. The number of aromatic nitrogens is 2. The molecule has 1 saturated heterocycles. The number of hydrogen-bond acceptors (Lipinski definition) is 5. The zero-order valence-corrected chi connectivity index (χ0v) is 16.5. The van der Waals surface area contributed by atoms with Crippen molar-refractivity contribution in [3.8, 4) is 5.75 Å². The van der Waals surface area contributed by atoms with Crippen LogP contribution in [0.4, 0.5) is 5.69 Å². The number of piperidine rings is 1.